The molecule has 5 nitrogen and oxygen atoms in total. The van der Waals surface area contributed by atoms with Gasteiger partial charge in [-0.3, -0.25) is 4.57 Å². The lowest BCUT2D eigenvalue weighted by Crippen LogP contribution is -2.08. The molecule has 1 saturated carbocycles. The van der Waals surface area contributed by atoms with Crippen LogP contribution in [0.3, 0.4) is 0 Å². The summed E-state index contributed by atoms with van der Waals surface area (Å²) in [7, 11) is 1.51. The third kappa shape index (κ3) is 2.64. The molecule has 0 spiro atoms. The van der Waals surface area contributed by atoms with E-state index < -0.39 is 9.05 Å². The van der Waals surface area contributed by atoms with Crippen LogP contribution >= 0.6 is 10.7 Å². The predicted molar refractivity (Wildman–Crippen MR) is 70.8 cm³/mol. The van der Waals surface area contributed by atoms with Crippen molar-refractivity contribution in [3.05, 3.63) is 36.2 Å². The molecule has 3 rings (SSSR count). The number of nitrogens with zero attached hydrogens (tertiary/aromatic N) is 3. The van der Waals surface area contributed by atoms with Crippen molar-refractivity contribution in [3.63, 3.8) is 0 Å². The van der Waals surface area contributed by atoms with Gasteiger partial charge in [0, 0.05) is 22.8 Å². The average Bonchev–Trinajstić information content (AvgIpc) is 3.06. The zero-order valence-corrected chi connectivity index (χ0v) is 11.6. The molecule has 0 saturated heterocycles. The Bertz CT molecular complexity index is 693. The standard InChI is InChI=1S/C12H12ClN3O2S/c13-19(17,18)12-15-14-11(8-9-6-7-9)16(12)10-4-2-1-3-5-10/h1-5,9H,6-8H2. The molecule has 0 amide bonds. The summed E-state index contributed by atoms with van der Waals surface area (Å²) in [5, 5.41) is 7.51. The molecule has 0 N–H and O–H groups in total. The summed E-state index contributed by atoms with van der Waals surface area (Å²) in [6, 6.07) is 9.15. The summed E-state index contributed by atoms with van der Waals surface area (Å²) in [4.78, 5) is 0. The quantitative estimate of drug-likeness (QED) is 0.811. The van der Waals surface area contributed by atoms with Gasteiger partial charge in [-0.05, 0) is 30.9 Å². The Morgan fingerprint density at radius 1 is 1.21 bits per heavy atom. The molecule has 0 aliphatic heterocycles. The predicted octanol–water partition coefficient (Wildman–Crippen LogP) is 2.15. The van der Waals surface area contributed by atoms with Crippen LogP contribution < -0.4 is 0 Å². The van der Waals surface area contributed by atoms with Gasteiger partial charge < -0.3 is 0 Å². The van der Waals surface area contributed by atoms with E-state index in [1.54, 1.807) is 0 Å². The van der Waals surface area contributed by atoms with Gasteiger partial charge in [-0.2, -0.15) is 0 Å². The first-order valence-electron chi connectivity index (χ1n) is 6.00. The van der Waals surface area contributed by atoms with Gasteiger partial charge >= 0.3 is 0 Å². The first-order chi connectivity index (χ1) is 9.05. The van der Waals surface area contributed by atoms with Gasteiger partial charge in [0.25, 0.3) is 14.2 Å². The minimum Gasteiger partial charge on any atom is -0.269 e. The van der Waals surface area contributed by atoms with Crippen molar-refractivity contribution in [1.29, 1.82) is 0 Å². The molecule has 1 aliphatic carbocycles. The number of para-hydroxylation sites is 1. The summed E-state index contributed by atoms with van der Waals surface area (Å²) in [5.74, 6) is 1.23. The summed E-state index contributed by atoms with van der Waals surface area (Å²) < 4.78 is 24.7. The van der Waals surface area contributed by atoms with Gasteiger partial charge in [0.15, 0.2) is 0 Å². The largest absolute Gasteiger partial charge is 0.297 e. The minimum absolute atomic E-state index is 0.212. The smallest absolute Gasteiger partial charge is 0.269 e. The second kappa shape index (κ2) is 4.61. The molecule has 0 unspecified atom stereocenters. The molecule has 0 atom stereocenters. The SMILES string of the molecule is O=S(=O)(Cl)c1nnc(CC2CC2)n1-c1ccccc1. The summed E-state index contributed by atoms with van der Waals surface area (Å²) in [5.41, 5.74) is 0.711. The Kier molecular flexibility index (Phi) is 3.06. The molecule has 1 aromatic heterocycles. The van der Waals surface area contributed by atoms with Crippen LogP contribution in [0.5, 0.6) is 0 Å². The Morgan fingerprint density at radius 3 is 2.47 bits per heavy atom. The van der Waals surface area contributed by atoms with Gasteiger partial charge in [0.1, 0.15) is 5.82 Å². The van der Waals surface area contributed by atoms with E-state index in [1.807, 2.05) is 30.3 Å². The summed E-state index contributed by atoms with van der Waals surface area (Å²) in [6.45, 7) is 0. The number of aromatic nitrogens is 3. The molecule has 1 fully saturated rings. The molecule has 1 aliphatic rings. The fraction of sp³-hybridized carbons (Fsp3) is 0.333. The maximum Gasteiger partial charge on any atom is 0.297 e. The average molecular weight is 298 g/mol. The topological polar surface area (TPSA) is 64.8 Å². The molecule has 0 bridgehead atoms. The highest BCUT2D eigenvalue weighted by Gasteiger charge is 2.28. The maximum absolute atomic E-state index is 11.6. The lowest BCUT2D eigenvalue weighted by atomic mass is 10.2. The van der Waals surface area contributed by atoms with E-state index in [4.69, 9.17) is 10.7 Å². The Labute approximate surface area is 115 Å². The molecule has 7 heteroatoms. The van der Waals surface area contributed by atoms with Gasteiger partial charge in [-0.1, -0.05) is 18.2 Å². The van der Waals surface area contributed by atoms with Crippen molar-refractivity contribution in [2.24, 2.45) is 5.92 Å². The monoisotopic (exact) mass is 297 g/mol. The Morgan fingerprint density at radius 2 is 1.89 bits per heavy atom. The zero-order valence-electron chi connectivity index (χ0n) is 10.0. The molecule has 1 aromatic carbocycles. The second-order valence-electron chi connectivity index (χ2n) is 4.66. The summed E-state index contributed by atoms with van der Waals surface area (Å²) in [6.07, 6.45) is 3.05. The van der Waals surface area contributed by atoms with E-state index in [9.17, 15) is 8.42 Å². The molecular weight excluding hydrogens is 286 g/mol. The first kappa shape index (κ1) is 12.6. The van der Waals surface area contributed by atoms with Gasteiger partial charge in [0.05, 0.1) is 0 Å². The number of hydrogen-bond donors (Lipinski definition) is 0. The van der Waals surface area contributed by atoms with Gasteiger partial charge in [-0.15, -0.1) is 10.2 Å². The fourth-order valence-corrected chi connectivity index (χ4v) is 2.87. The molecule has 19 heavy (non-hydrogen) atoms. The van der Waals surface area contributed by atoms with Crippen LogP contribution in [0.25, 0.3) is 5.69 Å². The summed E-state index contributed by atoms with van der Waals surface area (Å²) >= 11 is 0. The third-order valence-corrected chi connectivity index (χ3v) is 4.22. The van der Waals surface area contributed by atoms with Crippen LogP contribution in [0.2, 0.25) is 0 Å². The molecule has 2 aromatic rings. The van der Waals surface area contributed by atoms with E-state index >= 15 is 0 Å². The first-order valence-corrected chi connectivity index (χ1v) is 8.31. The Hall–Kier alpha value is -1.40. The second-order valence-corrected chi connectivity index (χ2v) is 7.11. The maximum atomic E-state index is 11.6. The van der Waals surface area contributed by atoms with Crippen molar-refractivity contribution in [2.75, 3.05) is 0 Å². The Balaban J connectivity index is 2.14. The van der Waals surface area contributed by atoms with Crippen LogP contribution in [0.15, 0.2) is 35.5 Å². The number of benzene rings is 1. The van der Waals surface area contributed by atoms with Crippen molar-refractivity contribution in [2.45, 2.75) is 24.4 Å². The normalized spacial score (nSPS) is 15.6. The van der Waals surface area contributed by atoms with E-state index in [-0.39, 0.29) is 5.16 Å². The minimum atomic E-state index is -3.91. The van der Waals surface area contributed by atoms with E-state index in [1.165, 1.54) is 4.57 Å². The van der Waals surface area contributed by atoms with Crippen LogP contribution in [0.1, 0.15) is 18.7 Å². The van der Waals surface area contributed by atoms with Crippen LogP contribution in [-0.4, -0.2) is 23.2 Å². The number of rotatable bonds is 4. The lowest BCUT2D eigenvalue weighted by molar-refractivity contribution is 0.596. The van der Waals surface area contributed by atoms with Crippen LogP contribution in [0.4, 0.5) is 0 Å². The third-order valence-electron chi connectivity index (χ3n) is 3.10. The number of halogens is 1. The van der Waals surface area contributed by atoms with Crippen molar-refractivity contribution < 1.29 is 8.42 Å². The van der Waals surface area contributed by atoms with Crippen molar-refractivity contribution in [3.8, 4) is 5.69 Å². The molecule has 100 valence electrons. The van der Waals surface area contributed by atoms with Gasteiger partial charge in [-0.25, -0.2) is 8.42 Å². The van der Waals surface area contributed by atoms with E-state index in [2.05, 4.69) is 10.2 Å². The lowest BCUT2D eigenvalue weighted by Gasteiger charge is -2.08. The number of hydrogen-bond acceptors (Lipinski definition) is 4. The van der Waals surface area contributed by atoms with Gasteiger partial charge in [0.2, 0.25) is 0 Å². The molecule has 0 radical (unpaired) electrons. The zero-order chi connectivity index (χ0) is 13.5. The molecule has 1 heterocycles. The van der Waals surface area contributed by atoms with E-state index in [0.717, 1.165) is 19.3 Å². The molecular formula is C12H12ClN3O2S. The highest BCUT2D eigenvalue weighted by molar-refractivity contribution is 8.13. The van der Waals surface area contributed by atoms with Crippen molar-refractivity contribution >= 4 is 19.7 Å². The van der Waals surface area contributed by atoms with E-state index in [0.29, 0.717) is 17.4 Å². The van der Waals surface area contributed by atoms with Crippen molar-refractivity contribution in [1.82, 2.24) is 14.8 Å². The highest BCUT2D eigenvalue weighted by atomic mass is 35.7. The van der Waals surface area contributed by atoms with Crippen LogP contribution in [-0.2, 0) is 15.5 Å². The van der Waals surface area contributed by atoms with Crippen LogP contribution in [0, 0.1) is 5.92 Å². The fourth-order valence-electron chi connectivity index (χ4n) is 2.01. The highest BCUT2D eigenvalue weighted by Crippen LogP contribution is 2.33.